The summed E-state index contributed by atoms with van der Waals surface area (Å²) in [6.07, 6.45) is 10.8. The number of benzene rings is 1. The molecule has 1 aromatic heterocycles. The van der Waals surface area contributed by atoms with E-state index in [2.05, 4.69) is 22.8 Å². The van der Waals surface area contributed by atoms with Gasteiger partial charge in [0.05, 0.1) is 11.5 Å². The molecule has 1 atom stereocenters. The van der Waals surface area contributed by atoms with Crippen molar-refractivity contribution in [3.05, 3.63) is 58.2 Å². The van der Waals surface area contributed by atoms with Crippen LogP contribution in [0.3, 0.4) is 0 Å². The van der Waals surface area contributed by atoms with Crippen LogP contribution in [0.1, 0.15) is 74.6 Å². The first-order valence-electron chi connectivity index (χ1n) is 14.5. The molecule has 2 fully saturated rings. The zero-order chi connectivity index (χ0) is 27.2. The van der Waals surface area contributed by atoms with Crippen molar-refractivity contribution in [3.63, 3.8) is 0 Å². The zero-order valence-corrected chi connectivity index (χ0v) is 23.3. The van der Waals surface area contributed by atoms with Gasteiger partial charge in [-0.15, -0.1) is 0 Å². The number of nitrogens with zero attached hydrogens (tertiary/aromatic N) is 1. The molecule has 8 heteroatoms. The fourth-order valence-corrected chi connectivity index (χ4v) is 6.61. The lowest BCUT2D eigenvalue weighted by Gasteiger charge is -2.35. The number of fused-ring (bicyclic) bond motifs is 1. The summed E-state index contributed by atoms with van der Waals surface area (Å²) in [6.45, 7) is 1.33. The van der Waals surface area contributed by atoms with Gasteiger partial charge in [0.15, 0.2) is 0 Å². The van der Waals surface area contributed by atoms with Crippen LogP contribution in [0.5, 0.6) is 0 Å². The average molecular weight is 554 g/mol. The second-order valence-corrected chi connectivity index (χ2v) is 12.1. The number of carboxylic acid groups (broad SMARTS) is 1. The Bertz CT molecular complexity index is 1160. The number of amides is 1. The van der Waals surface area contributed by atoms with Crippen LogP contribution >= 0.6 is 11.6 Å². The molecule has 0 saturated heterocycles. The molecular formula is C31H40ClN3O4. The molecule has 2 aromatic rings. The van der Waals surface area contributed by atoms with Gasteiger partial charge in [-0.3, -0.25) is 4.79 Å². The van der Waals surface area contributed by atoms with E-state index in [0.29, 0.717) is 24.0 Å². The molecule has 2 heterocycles. The quantitative estimate of drug-likeness (QED) is 0.317. The second kappa shape index (κ2) is 12.7. The van der Waals surface area contributed by atoms with Crippen LogP contribution in [0.2, 0.25) is 5.02 Å². The third-order valence-corrected chi connectivity index (χ3v) is 9.03. The zero-order valence-electron chi connectivity index (χ0n) is 22.6. The van der Waals surface area contributed by atoms with Crippen molar-refractivity contribution in [3.8, 4) is 0 Å². The van der Waals surface area contributed by atoms with Gasteiger partial charge in [0, 0.05) is 30.3 Å². The first-order chi connectivity index (χ1) is 18.9. The molecule has 0 radical (unpaired) electrons. The third kappa shape index (κ3) is 7.12. The number of aliphatic carboxylic acids is 1. The van der Waals surface area contributed by atoms with Crippen LogP contribution in [-0.2, 0) is 33.6 Å². The number of nitrogens with one attached hydrogen (secondary N) is 2. The maximum Gasteiger partial charge on any atom is 0.326 e. The molecule has 3 N–H and O–H groups in total. The van der Waals surface area contributed by atoms with Gasteiger partial charge in [-0.05, 0) is 93.0 Å². The molecule has 1 aromatic carbocycles. The van der Waals surface area contributed by atoms with Crippen LogP contribution < -0.4 is 10.6 Å². The lowest BCUT2D eigenvalue weighted by atomic mass is 9.78. The number of pyridine rings is 1. The topological polar surface area (TPSA) is 101 Å². The molecule has 0 bridgehead atoms. The van der Waals surface area contributed by atoms with Crippen LogP contribution in [0.25, 0.3) is 0 Å². The predicted molar refractivity (Wildman–Crippen MR) is 152 cm³/mol. The van der Waals surface area contributed by atoms with E-state index in [1.54, 1.807) is 0 Å². The fourth-order valence-electron chi connectivity index (χ4n) is 6.40. The minimum absolute atomic E-state index is 0.165. The molecule has 0 spiro atoms. The summed E-state index contributed by atoms with van der Waals surface area (Å²) in [6, 6.07) is 11.0. The maximum atomic E-state index is 13.4. The highest BCUT2D eigenvalue weighted by molar-refractivity contribution is 6.30. The van der Waals surface area contributed by atoms with E-state index in [1.807, 2.05) is 24.3 Å². The smallest absolute Gasteiger partial charge is 0.326 e. The highest BCUT2D eigenvalue weighted by Gasteiger charge is 2.42. The Kier molecular flexibility index (Phi) is 9.08. The van der Waals surface area contributed by atoms with Crippen LogP contribution in [0.4, 0.5) is 5.82 Å². The van der Waals surface area contributed by atoms with Crippen molar-refractivity contribution in [2.45, 2.75) is 89.2 Å². The van der Waals surface area contributed by atoms with Crippen LogP contribution in [-0.4, -0.2) is 47.3 Å². The number of aryl methyl sites for hydroxylation is 2. The Morgan fingerprint density at radius 3 is 2.77 bits per heavy atom. The van der Waals surface area contributed by atoms with Gasteiger partial charge in [-0.25, -0.2) is 9.78 Å². The van der Waals surface area contributed by atoms with Gasteiger partial charge in [0.2, 0.25) is 5.91 Å². The van der Waals surface area contributed by atoms with Crippen molar-refractivity contribution in [1.29, 1.82) is 0 Å². The van der Waals surface area contributed by atoms with E-state index in [9.17, 15) is 14.7 Å². The molecule has 5 rings (SSSR count). The summed E-state index contributed by atoms with van der Waals surface area (Å²) in [5.41, 5.74) is 2.89. The number of hydrogen-bond donors (Lipinski definition) is 3. The number of ether oxygens (including phenoxy) is 1. The highest BCUT2D eigenvalue weighted by Crippen LogP contribution is 2.42. The molecule has 0 unspecified atom stereocenters. The highest BCUT2D eigenvalue weighted by atomic mass is 35.5. The summed E-state index contributed by atoms with van der Waals surface area (Å²) in [7, 11) is 0. The summed E-state index contributed by atoms with van der Waals surface area (Å²) < 4.78 is 6.00. The Labute approximate surface area is 236 Å². The fraction of sp³-hybridized carbons (Fsp3) is 0.581. The van der Waals surface area contributed by atoms with E-state index in [1.165, 1.54) is 12.0 Å². The molecule has 2 aliphatic carbocycles. The average Bonchev–Trinajstić information content (AvgIpc) is 3.38. The molecule has 3 aliphatic rings. The maximum absolute atomic E-state index is 13.4. The minimum atomic E-state index is -1.01. The molecule has 210 valence electrons. The number of carbonyl (C=O) groups is 2. The second-order valence-electron chi connectivity index (χ2n) is 11.7. The standard InChI is InChI=1S/C31H40ClN3O4/c32-24-7-3-5-22(17-24)20-31(13-1-2-14-31)30(38)35-27(29(36)37)12-16-39-26-18-21(19-26)8-10-25-11-9-23-6-4-15-33-28(23)34-25/h3,5,7,9,11,17,21,26-27H,1-2,4,6,8,10,12-16,18-20H2,(H,33,34)(H,35,38)(H,36,37)/t21?,26?,27-/m0/s1. The summed E-state index contributed by atoms with van der Waals surface area (Å²) in [5.74, 6) is 0.491. The van der Waals surface area contributed by atoms with E-state index in [4.69, 9.17) is 21.3 Å². The molecule has 1 aliphatic heterocycles. The summed E-state index contributed by atoms with van der Waals surface area (Å²) >= 11 is 6.16. The van der Waals surface area contributed by atoms with Crippen molar-refractivity contribution < 1.29 is 19.4 Å². The van der Waals surface area contributed by atoms with E-state index in [-0.39, 0.29) is 18.4 Å². The van der Waals surface area contributed by atoms with Gasteiger partial charge >= 0.3 is 5.97 Å². The molecule has 39 heavy (non-hydrogen) atoms. The monoisotopic (exact) mass is 553 g/mol. The number of carbonyl (C=O) groups excluding carboxylic acids is 1. The predicted octanol–water partition coefficient (Wildman–Crippen LogP) is 5.58. The van der Waals surface area contributed by atoms with E-state index >= 15 is 0 Å². The van der Waals surface area contributed by atoms with E-state index in [0.717, 1.165) is 81.4 Å². The largest absolute Gasteiger partial charge is 0.480 e. The third-order valence-electron chi connectivity index (χ3n) is 8.79. The summed E-state index contributed by atoms with van der Waals surface area (Å²) in [5, 5.41) is 16.7. The van der Waals surface area contributed by atoms with Crippen LogP contribution in [0.15, 0.2) is 36.4 Å². The van der Waals surface area contributed by atoms with Gasteiger partial charge in [0.25, 0.3) is 0 Å². The number of hydrogen-bond acceptors (Lipinski definition) is 5. The van der Waals surface area contributed by atoms with E-state index < -0.39 is 17.4 Å². The lowest BCUT2D eigenvalue weighted by Crippen LogP contribution is -2.49. The Morgan fingerprint density at radius 2 is 2.00 bits per heavy atom. The normalized spacial score (nSPS) is 22.3. The van der Waals surface area contributed by atoms with Crippen LogP contribution in [0, 0.1) is 11.3 Å². The molecular weight excluding hydrogens is 514 g/mol. The van der Waals surface area contributed by atoms with Crippen molar-refractivity contribution >= 4 is 29.3 Å². The van der Waals surface area contributed by atoms with Gasteiger partial charge in [-0.1, -0.05) is 42.6 Å². The number of halogens is 1. The van der Waals surface area contributed by atoms with Gasteiger partial charge < -0.3 is 20.5 Å². The number of aromatic nitrogens is 1. The summed E-state index contributed by atoms with van der Waals surface area (Å²) in [4.78, 5) is 30.2. The van der Waals surface area contributed by atoms with Crippen molar-refractivity contribution in [2.24, 2.45) is 11.3 Å². The lowest BCUT2D eigenvalue weighted by molar-refractivity contribution is -0.145. The molecule has 2 saturated carbocycles. The molecule has 7 nitrogen and oxygen atoms in total. The Balaban J connectivity index is 1.04. The van der Waals surface area contributed by atoms with Gasteiger partial charge in [-0.2, -0.15) is 0 Å². The SMILES string of the molecule is O=C(O)[C@H](CCOC1CC(CCc2ccc3c(n2)NCCC3)C1)NC(=O)C1(Cc2cccc(Cl)c2)CCCC1. The van der Waals surface area contributed by atoms with Crippen molar-refractivity contribution in [2.75, 3.05) is 18.5 Å². The number of anilines is 1. The first kappa shape index (κ1) is 27.9. The number of rotatable bonds is 12. The molecule has 1 amide bonds. The van der Waals surface area contributed by atoms with Gasteiger partial charge in [0.1, 0.15) is 11.9 Å². The Morgan fingerprint density at radius 1 is 1.18 bits per heavy atom. The number of carboxylic acids is 1. The minimum Gasteiger partial charge on any atom is -0.480 e. The Hall–Kier alpha value is -2.64. The van der Waals surface area contributed by atoms with Crippen molar-refractivity contribution in [1.82, 2.24) is 10.3 Å². The first-order valence-corrected chi connectivity index (χ1v) is 14.9.